The van der Waals surface area contributed by atoms with Gasteiger partial charge in [-0.2, -0.15) is 0 Å². The van der Waals surface area contributed by atoms with Crippen molar-refractivity contribution in [1.29, 1.82) is 0 Å². The van der Waals surface area contributed by atoms with Crippen molar-refractivity contribution in [3.8, 4) is 0 Å². The Morgan fingerprint density at radius 1 is 1.18 bits per heavy atom. The van der Waals surface area contributed by atoms with E-state index in [0.717, 1.165) is 44.2 Å². The van der Waals surface area contributed by atoms with Crippen molar-refractivity contribution in [3.05, 3.63) is 45.8 Å². The summed E-state index contributed by atoms with van der Waals surface area (Å²) < 4.78 is 16.9. The lowest BCUT2D eigenvalue weighted by Crippen LogP contribution is -2.35. The first kappa shape index (κ1) is 21.9. The Bertz CT molecular complexity index is 1080. The van der Waals surface area contributed by atoms with Gasteiger partial charge in [0.05, 0.1) is 19.6 Å². The van der Waals surface area contributed by atoms with Gasteiger partial charge < -0.3 is 24.4 Å². The molecule has 5 rings (SSSR count). The van der Waals surface area contributed by atoms with E-state index in [1.54, 1.807) is 26.8 Å². The molecule has 3 aliphatic rings. The van der Waals surface area contributed by atoms with Crippen molar-refractivity contribution in [3.63, 3.8) is 0 Å². The number of nitrogens with zero attached hydrogens (tertiary/aromatic N) is 2. The first-order valence-corrected chi connectivity index (χ1v) is 11.8. The van der Waals surface area contributed by atoms with E-state index in [-0.39, 0.29) is 19.6 Å². The molecule has 8 nitrogen and oxygen atoms in total. The second-order valence-electron chi connectivity index (χ2n) is 9.69. The lowest BCUT2D eigenvalue weighted by molar-refractivity contribution is -0.147. The van der Waals surface area contributed by atoms with E-state index in [1.165, 1.54) is 22.3 Å². The predicted molar refractivity (Wildman–Crippen MR) is 122 cm³/mol. The van der Waals surface area contributed by atoms with E-state index in [0.29, 0.717) is 17.5 Å². The molecule has 1 unspecified atom stereocenters. The molecule has 0 spiro atoms. The molecule has 2 N–H and O–H groups in total. The summed E-state index contributed by atoms with van der Waals surface area (Å²) in [6, 6.07) is 4.39. The van der Waals surface area contributed by atoms with Gasteiger partial charge in [-0.1, -0.05) is 11.2 Å². The molecule has 0 radical (unpaired) electrons. The summed E-state index contributed by atoms with van der Waals surface area (Å²) in [7, 11) is 0. The molecular weight excluding hydrogens is 422 g/mol. The number of hydrogen-bond acceptors (Lipinski definition) is 8. The van der Waals surface area contributed by atoms with E-state index in [4.69, 9.17) is 14.0 Å². The van der Waals surface area contributed by atoms with Crippen molar-refractivity contribution >= 4 is 17.7 Å². The van der Waals surface area contributed by atoms with E-state index < -0.39 is 17.2 Å². The Labute approximate surface area is 193 Å². The molecule has 1 aliphatic heterocycles. The molecule has 0 bridgehead atoms. The number of carbonyl (C=O) groups excluding carboxylic acids is 1. The second kappa shape index (κ2) is 8.17. The average molecular weight is 454 g/mol. The summed E-state index contributed by atoms with van der Waals surface area (Å²) in [5, 5.41) is 17.9. The van der Waals surface area contributed by atoms with Crippen LogP contribution >= 0.6 is 0 Å². The lowest BCUT2D eigenvalue weighted by atomic mass is 9.94. The van der Waals surface area contributed by atoms with Crippen molar-refractivity contribution in [1.82, 2.24) is 5.16 Å². The van der Waals surface area contributed by atoms with Gasteiger partial charge in [0.25, 0.3) is 6.02 Å². The highest BCUT2D eigenvalue weighted by atomic mass is 16.6. The van der Waals surface area contributed by atoms with Crippen LogP contribution in [0, 0.1) is 0 Å². The van der Waals surface area contributed by atoms with Crippen LogP contribution in [0.3, 0.4) is 0 Å². The van der Waals surface area contributed by atoms with Crippen molar-refractivity contribution in [2.24, 2.45) is 4.99 Å². The first-order valence-electron chi connectivity index (χ1n) is 11.8. The summed E-state index contributed by atoms with van der Waals surface area (Å²) in [5.74, 6) is -0.104. The zero-order valence-electron chi connectivity index (χ0n) is 19.5. The number of hydrogen-bond donors (Lipinski definition) is 2. The molecule has 2 aromatic rings. The SMILES string of the molecule is CCOC(=O)CC1(c2cc(C(C)(C)O)on2)CN=C(Nc2c3c(cc4c2CCC4)CCC3)O1. The number of rotatable bonds is 6. The first-order chi connectivity index (χ1) is 15.8. The Morgan fingerprint density at radius 3 is 2.48 bits per heavy atom. The Hall–Kier alpha value is -2.87. The molecule has 8 heteroatoms. The minimum Gasteiger partial charge on any atom is -0.466 e. The predicted octanol–water partition coefficient (Wildman–Crippen LogP) is 3.53. The van der Waals surface area contributed by atoms with Crippen LogP contribution < -0.4 is 5.32 Å². The maximum Gasteiger partial charge on any atom is 0.310 e. The molecule has 2 aliphatic carbocycles. The quantitative estimate of drug-likeness (QED) is 0.645. The van der Waals surface area contributed by atoms with Crippen LogP contribution in [-0.2, 0) is 51.2 Å². The topological polar surface area (TPSA) is 106 Å². The van der Waals surface area contributed by atoms with Crippen LogP contribution in [0.4, 0.5) is 5.69 Å². The number of fused-ring (bicyclic) bond motifs is 2. The monoisotopic (exact) mass is 453 g/mol. The molecule has 0 fully saturated rings. The van der Waals surface area contributed by atoms with Gasteiger partial charge in [0.15, 0.2) is 11.4 Å². The Morgan fingerprint density at radius 2 is 1.88 bits per heavy atom. The van der Waals surface area contributed by atoms with Gasteiger partial charge in [0.1, 0.15) is 11.3 Å². The number of aryl methyl sites for hydroxylation is 2. The molecule has 0 saturated carbocycles. The number of nitrogens with one attached hydrogen (secondary N) is 1. The molecule has 0 saturated heterocycles. The molecular formula is C25H31N3O5. The van der Waals surface area contributed by atoms with Gasteiger partial charge in [0, 0.05) is 11.8 Å². The van der Waals surface area contributed by atoms with E-state index in [2.05, 4.69) is 21.5 Å². The number of amidine groups is 1. The number of esters is 1. The van der Waals surface area contributed by atoms with Crippen LogP contribution in [0.25, 0.3) is 0 Å². The molecule has 2 heterocycles. The highest BCUT2D eigenvalue weighted by Gasteiger charge is 2.46. The molecule has 0 amide bonds. The fraction of sp³-hybridized carbons (Fsp3) is 0.560. The lowest BCUT2D eigenvalue weighted by Gasteiger charge is -2.25. The van der Waals surface area contributed by atoms with Crippen LogP contribution in [-0.4, -0.2) is 35.4 Å². The van der Waals surface area contributed by atoms with Crippen LogP contribution in [0.5, 0.6) is 0 Å². The maximum atomic E-state index is 12.5. The summed E-state index contributed by atoms with van der Waals surface area (Å²) in [5.41, 5.74) is 4.73. The number of benzene rings is 1. The van der Waals surface area contributed by atoms with Gasteiger partial charge in [-0.15, -0.1) is 0 Å². The van der Waals surface area contributed by atoms with Crippen molar-refractivity contribution in [2.45, 2.75) is 76.9 Å². The third kappa shape index (κ3) is 4.01. The third-order valence-corrected chi connectivity index (χ3v) is 6.79. The summed E-state index contributed by atoms with van der Waals surface area (Å²) >= 11 is 0. The van der Waals surface area contributed by atoms with Crippen LogP contribution in [0.15, 0.2) is 21.6 Å². The zero-order chi connectivity index (χ0) is 23.2. The molecule has 1 aromatic carbocycles. The largest absolute Gasteiger partial charge is 0.466 e. The number of aliphatic hydroxyl groups is 1. The average Bonchev–Trinajstić information content (AvgIpc) is 3.54. The third-order valence-electron chi connectivity index (χ3n) is 6.79. The minimum atomic E-state index is -1.21. The van der Waals surface area contributed by atoms with Gasteiger partial charge in [-0.05, 0) is 81.5 Å². The van der Waals surface area contributed by atoms with Crippen LogP contribution in [0.2, 0.25) is 0 Å². The fourth-order valence-electron chi connectivity index (χ4n) is 5.13. The smallest absolute Gasteiger partial charge is 0.310 e. The number of carbonyl (C=O) groups is 1. The number of anilines is 1. The van der Waals surface area contributed by atoms with Gasteiger partial charge in [-0.25, -0.2) is 4.99 Å². The molecule has 176 valence electrons. The number of ether oxygens (including phenoxy) is 2. The fourth-order valence-corrected chi connectivity index (χ4v) is 5.13. The maximum absolute atomic E-state index is 12.5. The van der Waals surface area contributed by atoms with E-state index in [9.17, 15) is 9.90 Å². The number of aliphatic imine (C=N–C) groups is 1. The Kier molecular flexibility index (Phi) is 5.43. The highest BCUT2D eigenvalue weighted by Crippen LogP contribution is 2.41. The van der Waals surface area contributed by atoms with E-state index in [1.807, 2.05) is 0 Å². The highest BCUT2D eigenvalue weighted by molar-refractivity contribution is 5.93. The summed E-state index contributed by atoms with van der Waals surface area (Å²) in [4.78, 5) is 17.1. The number of aromatic nitrogens is 1. The van der Waals surface area contributed by atoms with E-state index >= 15 is 0 Å². The van der Waals surface area contributed by atoms with Crippen LogP contribution in [0.1, 0.15) is 73.7 Å². The minimum absolute atomic E-state index is 0.0572. The standard InChI is InChI=1S/C25H31N3O5/c1-4-31-21(29)13-25(19-12-20(33-28-19)24(2,3)30)14-26-23(32-25)27-22-17-9-5-7-15(17)11-16-8-6-10-18(16)22/h11-12,30H,4-10,13-14H2,1-3H3,(H,26,27). The normalized spacial score (nSPS) is 21.4. The zero-order valence-corrected chi connectivity index (χ0v) is 19.5. The Balaban J connectivity index is 1.44. The van der Waals surface area contributed by atoms with Gasteiger partial charge in [-0.3, -0.25) is 4.79 Å². The summed E-state index contributed by atoms with van der Waals surface area (Å²) in [6.45, 7) is 5.47. The van der Waals surface area contributed by atoms with Gasteiger partial charge >= 0.3 is 5.97 Å². The summed E-state index contributed by atoms with van der Waals surface area (Å²) in [6.07, 6.45) is 6.57. The van der Waals surface area contributed by atoms with Crippen molar-refractivity contribution < 1.29 is 23.9 Å². The van der Waals surface area contributed by atoms with Gasteiger partial charge in [0.2, 0.25) is 0 Å². The second-order valence-corrected chi connectivity index (χ2v) is 9.69. The molecule has 33 heavy (non-hydrogen) atoms. The van der Waals surface area contributed by atoms with Crippen molar-refractivity contribution in [2.75, 3.05) is 18.5 Å². The molecule has 1 atom stereocenters. The molecule has 1 aromatic heterocycles.